The predicted octanol–water partition coefficient (Wildman–Crippen LogP) is 4.68. The van der Waals surface area contributed by atoms with E-state index in [1.165, 1.54) is 12.8 Å². The second kappa shape index (κ2) is 3.68. The van der Waals surface area contributed by atoms with Crippen LogP contribution in [0.5, 0.6) is 0 Å². The van der Waals surface area contributed by atoms with Crippen molar-refractivity contribution < 1.29 is 0 Å². The highest BCUT2D eigenvalue weighted by atomic mass is 35.5. The van der Waals surface area contributed by atoms with Crippen LogP contribution in [-0.4, -0.2) is 0 Å². The van der Waals surface area contributed by atoms with Crippen molar-refractivity contribution in [2.24, 2.45) is 5.92 Å². The molecule has 0 amide bonds. The molecule has 13 heavy (non-hydrogen) atoms. The van der Waals surface area contributed by atoms with Crippen molar-refractivity contribution >= 4 is 34.8 Å². The number of rotatable bonds is 2. The first-order valence-corrected chi connectivity index (χ1v) is 5.47. The molecule has 1 saturated carbocycles. The molecule has 0 aliphatic heterocycles. The van der Waals surface area contributed by atoms with Crippen LogP contribution in [0.3, 0.4) is 0 Å². The lowest BCUT2D eigenvalue weighted by molar-refractivity contribution is 0.798. The highest BCUT2D eigenvalue weighted by Gasteiger charge is 2.31. The maximum absolute atomic E-state index is 6.23. The Labute approximate surface area is 92.8 Å². The fraction of sp³-hybridized carbons (Fsp3) is 0.400. The average Bonchev–Trinajstić information content (AvgIpc) is 2.85. The van der Waals surface area contributed by atoms with E-state index in [1.807, 2.05) is 12.1 Å². The van der Waals surface area contributed by atoms with Crippen LogP contribution in [-0.2, 0) is 0 Å². The summed E-state index contributed by atoms with van der Waals surface area (Å²) in [4.78, 5) is 0. The molecule has 0 saturated heterocycles. The Morgan fingerprint density at radius 3 is 2.46 bits per heavy atom. The van der Waals surface area contributed by atoms with Gasteiger partial charge in [-0.3, -0.25) is 0 Å². The molecule has 0 N–H and O–H groups in total. The molecule has 1 aromatic rings. The normalized spacial score (nSPS) is 18.7. The second-order valence-corrected chi connectivity index (χ2v) is 4.72. The zero-order chi connectivity index (χ0) is 9.42. The predicted molar refractivity (Wildman–Crippen MR) is 57.8 cm³/mol. The van der Waals surface area contributed by atoms with Gasteiger partial charge in [0.15, 0.2) is 0 Å². The van der Waals surface area contributed by atoms with Crippen LogP contribution < -0.4 is 0 Å². The van der Waals surface area contributed by atoms with Gasteiger partial charge in [-0.25, -0.2) is 0 Å². The summed E-state index contributed by atoms with van der Waals surface area (Å²) in [6, 6.07) is 5.50. The zero-order valence-corrected chi connectivity index (χ0v) is 9.20. The van der Waals surface area contributed by atoms with Crippen molar-refractivity contribution in [3.8, 4) is 0 Å². The van der Waals surface area contributed by atoms with Gasteiger partial charge in [0.1, 0.15) is 0 Å². The molecule has 0 heterocycles. The summed E-state index contributed by atoms with van der Waals surface area (Å²) in [5, 5.41) is 1.40. The van der Waals surface area contributed by atoms with Crippen LogP contribution in [0.2, 0.25) is 10.0 Å². The molecule has 1 aliphatic carbocycles. The van der Waals surface area contributed by atoms with Crippen molar-refractivity contribution in [1.82, 2.24) is 0 Å². The Bertz CT molecular complexity index is 318. The summed E-state index contributed by atoms with van der Waals surface area (Å²) in [6.45, 7) is 0. The van der Waals surface area contributed by atoms with Crippen molar-refractivity contribution in [3.05, 3.63) is 33.8 Å². The fourth-order valence-electron chi connectivity index (χ4n) is 1.37. The van der Waals surface area contributed by atoms with E-state index in [2.05, 4.69) is 0 Å². The van der Waals surface area contributed by atoms with Gasteiger partial charge in [0.05, 0.1) is 5.38 Å². The lowest BCUT2D eigenvalue weighted by atomic mass is 10.1. The first kappa shape index (κ1) is 9.64. The van der Waals surface area contributed by atoms with E-state index in [1.54, 1.807) is 6.07 Å². The molecule has 1 fully saturated rings. The molecule has 1 atom stereocenters. The maximum atomic E-state index is 6.23. The first-order valence-electron chi connectivity index (χ1n) is 4.27. The molecule has 0 aromatic heterocycles. The summed E-state index contributed by atoms with van der Waals surface area (Å²) >= 11 is 18.1. The average molecular weight is 236 g/mol. The van der Waals surface area contributed by atoms with Crippen molar-refractivity contribution in [2.75, 3.05) is 0 Å². The largest absolute Gasteiger partial charge is 0.117 e. The third-order valence-electron chi connectivity index (χ3n) is 2.30. The molecule has 2 rings (SSSR count). The molecule has 1 aromatic carbocycles. The molecule has 1 aliphatic rings. The lowest BCUT2D eigenvalue weighted by Crippen LogP contribution is -1.93. The van der Waals surface area contributed by atoms with Gasteiger partial charge in [-0.2, -0.15) is 0 Å². The maximum Gasteiger partial charge on any atom is 0.0628 e. The van der Waals surface area contributed by atoms with Crippen LogP contribution in [0, 0.1) is 5.92 Å². The summed E-state index contributed by atoms with van der Waals surface area (Å²) in [5.74, 6) is 0.611. The van der Waals surface area contributed by atoms with Gasteiger partial charge in [0, 0.05) is 10.0 Å². The Morgan fingerprint density at radius 1 is 1.23 bits per heavy atom. The number of benzene rings is 1. The van der Waals surface area contributed by atoms with E-state index < -0.39 is 0 Å². The van der Waals surface area contributed by atoms with Crippen molar-refractivity contribution in [3.63, 3.8) is 0 Å². The number of alkyl halides is 1. The second-order valence-electron chi connectivity index (χ2n) is 3.41. The van der Waals surface area contributed by atoms with Gasteiger partial charge in [-0.15, -0.1) is 11.6 Å². The van der Waals surface area contributed by atoms with E-state index in [-0.39, 0.29) is 5.38 Å². The Kier molecular flexibility index (Phi) is 2.73. The molecule has 0 nitrogen and oxygen atoms in total. The van der Waals surface area contributed by atoms with Crippen LogP contribution in [0.25, 0.3) is 0 Å². The zero-order valence-electron chi connectivity index (χ0n) is 6.93. The fourth-order valence-corrected chi connectivity index (χ4v) is 2.39. The first-order chi connectivity index (χ1) is 6.18. The minimum absolute atomic E-state index is 0.0600. The Balaban J connectivity index is 2.28. The molecular weight excluding hydrogens is 226 g/mol. The topological polar surface area (TPSA) is 0 Å². The van der Waals surface area contributed by atoms with Gasteiger partial charge in [0.2, 0.25) is 0 Å². The number of hydrogen-bond acceptors (Lipinski definition) is 0. The van der Waals surface area contributed by atoms with Crippen LogP contribution in [0.1, 0.15) is 23.8 Å². The van der Waals surface area contributed by atoms with Gasteiger partial charge < -0.3 is 0 Å². The number of hydrogen-bond donors (Lipinski definition) is 0. The van der Waals surface area contributed by atoms with Gasteiger partial charge in [-0.1, -0.05) is 29.3 Å². The molecule has 0 radical (unpaired) electrons. The molecule has 0 bridgehead atoms. The van der Waals surface area contributed by atoms with Gasteiger partial charge in [-0.05, 0) is 36.5 Å². The van der Waals surface area contributed by atoms with Gasteiger partial charge in [0.25, 0.3) is 0 Å². The van der Waals surface area contributed by atoms with Crippen LogP contribution in [0.15, 0.2) is 18.2 Å². The summed E-state index contributed by atoms with van der Waals surface area (Å²) < 4.78 is 0. The molecule has 3 heteroatoms. The number of halogens is 3. The van der Waals surface area contributed by atoms with Crippen molar-refractivity contribution in [2.45, 2.75) is 18.2 Å². The quantitative estimate of drug-likeness (QED) is 0.653. The molecule has 0 spiro atoms. The summed E-state index contributed by atoms with van der Waals surface area (Å²) in [5.41, 5.74) is 1.01. The third kappa shape index (κ3) is 2.12. The molecule has 1 unspecified atom stereocenters. The van der Waals surface area contributed by atoms with E-state index >= 15 is 0 Å². The van der Waals surface area contributed by atoms with Crippen LogP contribution >= 0.6 is 34.8 Å². The van der Waals surface area contributed by atoms with Gasteiger partial charge >= 0.3 is 0 Å². The SMILES string of the molecule is Clc1ccc(C(Cl)C2CC2)c(Cl)c1. The molecule has 70 valence electrons. The monoisotopic (exact) mass is 234 g/mol. The van der Waals surface area contributed by atoms with E-state index in [0.717, 1.165) is 5.56 Å². The Morgan fingerprint density at radius 2 is 1.92 bits per heavy atom. The summed E-state index contributed by atoms with van der Waals surface area (Å²) in [6.07, 6.45) is 2.43. The van der Waals surface area contributed by atoms with Crippen molar-refractivity contribution in [1.29, 1.82) is 0 Å². The third-order valence-corrected chi connectivity index (χ3v) is 3.45. The highest BCUT2D eigenvalue weighted by Crippen LogP contribution is 2.47. The lowest BCUT2D eigenvalue weighted by Gasteiger charge is -2.10. The standard InChI is InChI=1S/C10H9Cl3/c11-7-3-4-8(9(12)5-7)10(13)6-1-2-6/h3-6,10H,1-2H2. The molecular formula is C10H9Cl3. The Hall–Kier alpha value is 0.0900. The minimum Gasteiger partial charge on any atom is -0.117 e. The highest BCUT2D eigenvalue weighted by molar-refractivity contribution is 6.35. The van der Waals surface area contributed by atoms with E-state index in [4.69, 9.17) is 34.8 Å². The minimum atomic E-state index is 0.0600. The van der Waals surface area contributed by atoms with Crippen LogP contribution in [0.4, 0.5) is 0 Å². The van der Waals surface area contributed by atoms with E-state index in [9.17, 15) is 0 Å². The van der Waals surface area contributed by atoms with E-state index in [0.29, 0.717) is 16.0 Å². The summed E-state index contributed by atoms with van der Waals surface area (Å²) in [7, 11) is 0. The smallest absolute Gasteiger partial charge is 0.0628 e.